The van der Waals surface area contributed by atoms with Crippen LogP contribution in [0.3, 0.4) is 0 Å². The van der Waals surface area contributed by atoms with E-state index in [1.165, 1.54) is 0 Å². The number of amides is 2. The quantitative estimate of drug-likeness (QED) is 0.660. The van der Waals surface area contributed by atoms with E-state index in [1.54, 1.807) is 0 Å². The molecule has 158 valence electrons. The van der Waals surface area contributed by atoms with E-state index in [0.717, 1.165) is 23.4 Å². The van der Waals surface area contributed by atoms with Crippen LogP contribution >= 0.6 is 0 Å². The van der Waals surface area contributed by atoms with Gasteiger partial charge in [0.25, 0.3) is 5.91 Å². The van der Waals surface area contributed by atoms with E-state index < -0.39 is 12.1 Å². The highest BCUT2D eigenvalue weighted by molar-refractivity contribution is 6.04. The predicted octanol–water partition coefficient (Wildman–Crippen LogP) is 1.58. The molecule has 2 aromatic carbocycles. The monoisotopic (exact) mass is 408 g/mol. The van der Waals surface area contributed by atoms with Crippen molar-refractivity contribution in [1.82, 2.24) is 15.5 Å². The summed E-state index contributed by atoms with van der Waals surface area (Å²) in [6.45, 7) is 1.23. The SMILES string of the molecule is CN(C)CCNC(=O)[C@@H](Cc1ccccc1)NC(=O)[C@H]1CC(c2ccccc2)=NO1. The summed E-state index contributed by atoms with van der Waals surface area (Å²) in [6, 6.07) is 18.6. The molecule has 2 aromatic rings. The topological polar surface area (TPSA) is 83.0 Å². The minimum Gasteiger partial charge on any atom is -0.382 e. The fourth-order valence-electron chi connectivity index (χ4n) is 3.17. The van der Waals surface area contributed by atoms with Gasteiger partial charge in [0, 0.05) is 25.9 Å². The number of hydrogen-bond donors (Lipinski definition) is 2. The lowest BCUT2D eigenvalue weighted by molar-refractivity contribution is -0.135. The zero-order valence-electron chi connectivity index (χ0n) is 17.4. The lowest BCUT2D eigenvalue weighted by atomic mass is 10.0. The third kappa shape index (κ3) is 6.15. The molecule has 0 saturated heterocycles. The number of likely N-dealkylation sites (N-methyl/N-ethyl adjacent to an activating group) is 1. The molecule has 0 fully saturated rings. The van der Waals surface area contributed by atoms with Crippen molar-refractivity contribution >= 4 is 17.5 Å². The van der Waals surface area contributed by atoms with Crippen LogP contribution in [0.15, 0.2) is 65.8 Å². The van der Waals surface area contributed by atoms with Crippen molar-refractivity contribution in [2.45, 2.75) is 25.0 Å². The second-order valence-electron chi connectivity index (χ2n) is 7.55. The molecule has 0 aromatic heterocycles. The van der Waals surface area contributed by atoms with Gasteiger partial charge in [-0.2, -0.15) is 0 Å². The number of carbonyl (C=O) groups excluding carboxylic acids is 2. The van der Waals surface area contributed by atoms with Gasteiger partial charge in [-0.05, 0) is 25.2 Å². The molecule has 0 spiro atoms. The maximum Gasteiger partial charge on any atom is 0.265 e. The molecule has 0 radical (unpaired) electrons. The van der Waals surface area contributed by atoms with Crippen molar-refractivity contribution in [2.75, 3.05) is 27.2 Å². The standard InChI is InChI=1S/C23H28N4O3/c1-27(2)14-13-24-22(28)20(15-17-9-5-3-6-10-17)25-23(29)21-16-19(26-30-21)18-11-7-4-8-12-18/h3-12,20-21H,13-16H2,1-2H3,(H,24,28)(H,25,29)/t20-,21-/m1/s1. The maximum absolute atomic E-state index is 12.8. The van der Waals surface area contributed by atoms with Crippen molar-refractivity contribution in [1.29, 1.82) is 0 Å². The molecule has 1 heterocycles. The Balaban J connectivity index is 1.62. The molecule has 0 aliphatic carbocycles. The van der Waals surface area contributed by atoms with Gasteiger partial charge in [0.05, 0.1) is 5.71 Å². The highest BCUT2D eigenvalue weighted by atomic mass is 16.6. The second kappa shape index (κ2) is 10.5. The Morgan fingerprint density at radius 1 is 1.10 bits per heavy atom. The molecule has 0 bridgehead atoms. The number of hydrogen-bond acceptors (Lipinski definition) is 5. The fourth-order valence-corrected chi connectivity index (χ4v) is 3.17. The first-order valence-corrected chi connectivity index (χ1v) is 10.1. The van der Waals surface area contributed by atoms with E-state index in [4.69, 9.17) is 4.84 Å². The van der Waals surface area contributed by atoms with Crippen LogP contribution in [0.1, 0.15) is 17.5 Å². The number of oxime groups is 1. The number of nitrogens with zero attached hydrogens (tertiary/aromatic N) is 2. The summed E-state index contributed by atoms with van der Waals surface area (Å²) >= 11 is 0. The normalized spacial score (nSPS) is 16.5. The molecule has 3 rings (SSSR count). The molecule has 2 N–H and O–H groups in total. The lowest BCUT2D eigenvalue weighted by Crippen LogP contribution is -2.51. The molecule has 1 aliphatic rings. The van der Waals surface area contributed by atoms with Crippen LogP contribution in [0.5, 0.6) is 0 Å². The summed E-state index contributed by atoms with van der Waals surface area (Å²) in [6.07, 6.45) is 0.0309. The molecule has 0 saturated carbocycles. The molecule has 1 aliphatic heterocycles. The molecule has 7 nitrogen and oxygen atoms in total. The van der Waals surface area contributed by atoms with Crippen molar-refractivity contribution < 1.29 is 14.4 Å². The molecule has 30 heavy (non-hydrogen) atoms. The van der Waals surface area contributed by atoms with Gasteiger partial charge in [-0.1, -0.05) is 65.8 Å². The molecular formula is C23H28N4O3. The van der Waals surface area contributed by atoms with E-state index >= 15 is 0 Å². The largest absolute Gasteiger partial charge is 0.382 e. The Morgan fingerprint density at radius 2 is 1.77 bits per heavy atom. The summed E-state index contributed by atoms with van der Waals surface area (Å²) < 4.78 is 0. The second-order valence-corrected chi connectivity index (χ2v) is 7.55. The lowest BCUT2D eigenvalue weighted by Gasteiger charge is -2.20. The number of carbonyl (C=O) groups is 2. The van der Waals surface area contributed by atoms with Crippen LogP contribution in [0.25, 0.3) is 0 Å². The Hall–Kier alpha value is -3.19. The van der Waals surface area contributed by atoms with Gasteiger partial charge in [0.2, 0.25) is 12.0 Å². The Kier molecular flexibility index (Phi) is 7.57. The first-order valence-electron chi connectivity index (χ1n) is 10.1. The summed E-state index contributed by atoms with van der Waals surface area (Å²) in [4.78, 5) is 32.9. The van der Waals surface area contributed by atoms with Crippen LogP contribution in [-0.2, 0) is 20.8 Å². The third-order valence-electron chi connectivity index (χ3n) is 4.84. The molecule has 2 amide bonds. The van der Waals surface area contributed by atoms with Gasteiger partial charge in [-0.25, -0.2) is 0 Å². The van der Waals surface area contributed by atoms with Gasteiger partial charge < -0.3 is 20.4 Å². The van der Waals surface area contributed by atoms with Crippen LogP contribution < -0.4 is 10.6 Å². The van der Waals surface area contributed by atoms with Crippen molar-refractivity contribution in [3.05, 3.63) is 71.8 Å². The summed E-state index contributed by atoms with van der Waals surface area (Å²) in [5.74, 6) is -0.551. The summed E-state index contributed by atoms with van der Waals surface area (Å²) in [5.41, 5.74) is 2.62. The molecular weight excluding hydrogens is 380 g/mol. The Bertz CT molecular complexity index is 869. The van der Waals surface area contributed by atoms with Gasteiger partial charge >= 0.3 is 0 Å². The average Bonchev–Trinajstić information content (AvgIpc) is 3.25. The average molecular weight is 409 g/mol. The van der Waals surface area contributed by atoms with Crippen LogP contribution in [-0.4, -0.2) is 61.8 Å². The highest BCUT2D eigenvalue weighted by Crippen LogP contribution is 2.17. The first kappa shape index (κ1) is 21.5. The van der Waals surface area contributed by atoms with E-state index in [0.29, 0.717) is 19.4 Å². The van der Waals surface area contributed by atoms with Crippen LogP contribution in [0.2, 0.25) is 0 Å². The van der Waals surface area contributed by atoms with Crippen molar-refractivity contribution in [2.24, 2.45) is 5.16 Å². The van der Waals surface area contributed by atoms with Gasteiger partial charge in [0.1, 0.15) is 6.04 Å². The molecule has 7 heteroatoms. The van der Waals surface area contributed by atoms with Crippen LogP contribution in [0.4, 0.5) is 0 Å². The summed E-state index contributed by atoms with van der Waals surface area (Å²) in [5, 5.41) is 9.82. The maximum atomic E-state index is 12.8. The first-order chi connectivity index (χ1) is 14.5. The Morgan fingerprint density at radius 3 is 2.43 bits per heavy atom. The van der Waals surface area contributed by atoms with Crippen molar-refractivity contribution in [3.63, 3.8) is 0 Å². The number of nitrogens with one attached hydrogen (secondary N) is 2. The van der Waals surface area contributed by atoms with Crippen molar-refractivity contribution in [3.8, 4) is 0 Å². The van der Waals surface area contributed by atoms with E-state index in [9.17, 15) is 9.59 Å². The zero-order chi connectivity index (χ0) is 21.3. The fraction of sp³-hybridized carbons (Fsp3) is 0.348. The Labute approximate surface area is 177 Å². The number of benzene rings is 2. The predicted molar refractivity (Wildman–Crippen MR) is 116 cm³/mol. The zero-order valence-corrected chi connectivity index (χ0v) is 17.4. The van der Waals surface area contributed by atoms with Crippen LogP contribution in [0, 0.1) is 0 Å². The smallest absolute Gasteiger partial charge is 0.265 e. The van der Waals surface area contributed by atoms with E-state index in [2.05, 4.69) is 15.8 Å². The third-order valence-corrected chi connectivity index (χ3v) is 4.84. The summed E-state index contributed by atoms with van der Waals surface area (Å²) in [7, 11) is 3.88. The molecule has 0 unspecified atom stereocenters. The number of rotatable bonds is 9. The van der Waals surface area contributed by atoms with E-state index in [1.807, 2.05) is 79.7 Å². The van der Waals surface area contributed by atoms with Gasteiger partial charge in [-0.15, -0.1) is 0 Å². The van der Waals surface area contributed by atoms with Gasteiger partial charge in [-0.3, -0.25) is 9.59 Å². The molecule has 2 atom stereocenters. The minimum atomic E-state index is -0.743. The van der Waals surface area contributed by atoms with Gasteiger partial charge in [0.15, 0.2) is 0 Å². The highest BCUT2D eigenvalue weighted by Gasteiger charge is 2.32. The minimum absolute atomic E-state index is 0.212. The van der Waals surface area contributed by atoms with E-state index in [-0.39, 0.29) is 11.8 Å².